The molecule has 0 heterocycles. The van der Waals surface area contributed by atoms with Crippen LogP contribution in [0.3, 0.4) is 0 Å². The molecule has 0 aromatic rings. The number of likely N-dealkylation sites (N-methyl/N-ethyl adjacent to an activating group) is 1. The number of unbranched alkanes of at least 4 members (excludes halogenated alkanes) is 14. The molecule has 0 unspecified atom stereocenters. The molecule has 29 heavy (non-hydrogen) atoms. The first kappa shape index (κ1) is 28.4. The van der Waals surface area contributed by atoms with Crippen LogP contribution in [-0.2, 0) is 9.53 Å². The zero-order valence-electron chi connectivity index (χ0n) is 20.6. The Kier molecular flexibility index (Phi) is 20.3. The normalized spacial score (nSPS) is 11.7. The van der Waals surface area contributed by atoms with Gasteiger partial charge in [0.25, 0.3) is 0 Å². The first-order chi connectivity index (χ1) is 14.1. The lowest BCUT2D eigenvalue weighted by Crippen LogP contribution is -2.49. The quantitative estimate of drug-likeness (QED) is 0.104. The summed E-state index contributed by atoms with van der Waals surface area (Å²) >= 11 is 0. The fourth-order valence-electron chi connectivity index (χ4n) is 4.21. The summed E-state index contributed by atoms with van der Waals surface area (Å²) in [6, 6.07) is 0. The van der Waals surface area contributed by atoms with E-state index in [-0.39, 0.29) is 5.97 Å². The van der Waals surface area contributed by atoms with Crippen molar-refractivity contribution >= 4 is 5.97 Å². The number of ether oxygens (including phenoxy) is 1. The van der Waals surface area contributed by atoms with Crippen molar-refractivity contribution in [2.24, 2.45) is 0 Å². The monoisotopic (exact) mass is 412 g/mol. The molecule has 0 bridgehead atoms. The highest BCUT2D eigenvalue weighted by Crippen LogP contribution is 2.14. The Morgan fingerprint density at radius 2 is 0.966 bits per heavy atom. The van der Waals surface area contributed by atoms with E-state index in [9.17, 15) is 4.79 Å². The minimum Gasteiger partial charge on any atom is -0.460 e. The molecule has 0 rings (SSSR count). The maximum absolute atomic E-state index is 11.9. The maximum atomic E-state index is 11.9. The van der Waals surface area contributed by atoms with E-state index in [2.05, 4.69) is 27.7 Å². The van der Waals surface area contributed by atoms with Crippen LogP contribution >= 0.6 is 0 Å². The Morgan fingerprint density at radius 1 is 0.586 bits per heavy atom. The summed E-state index contributed by atoms with van der Waals surface area (Å²) in [5, 5.41) is 0. The summed E-state index contributed by atoms with van der Waals surface area (Å²) < 4.78 is 6.52. The molecule has 0 N–H and O–H groups in total. The fraction of sp³-hybridized carbons (Fsp3) is 0.962. The van der Waals surface area contributed by atoms with Crippen LogP contribution < -0.4 is 0 Å². The van der Waals surface area contributed by atoms with Gasteiger partial charge < -0.3 is 9.22 Å². The van der Waals surface area contributed by atoms with Crippen molar-refractivity contribution in [2.45, 2.75) is 130 Å². The number of hydrogen-bond acceptors (Lipinski definition) is 2. The Morgan fingerprint density at radius 3 is 1.34 bits per heavy atom. The van der Waals surface area contributed by atoms with Crippen LogP contribution in [-0.4, -0.2) is 43.2 Å². The molecule has 0 atom stereocenters. The molecule has 3 heteroatoms. The zero-order chi connectivity index (χ0) is 21.6. The van der Waals surface area contributed by atoms with Crippen molar-refractivity contribution in [2.75, 3.05) is 32.8 Å². The largest absolute Gasteiger partial charge is 0.460 e. The van der Waals surface area contributed by atoms with Crippen molar-refractivity contribution < 1.29 is 14.0 Å². The standard InChI is InChI=1S/C26H54NO2/c1-5-9-10-11-12-13-14-15-16-17-18-19-20-21-22-23-26(28)29-25-24-27(6-2,7-3)8-4/h5-25H2,1-4H3/q+1. The molecule has 3 nitrogen and oxygen atoms in total. The predicted octanol–water partition coefficient (Wildman–Crippen LogP) is 7.67. The van der Waals surface area contributed by atoms with Gasteiger partial charge in [-0.25, -0.2) is 0 Å². The minimum absolute atomic E-state index is 0.00102. The van der Waals surface area contributed by atoms with Crippen LogP contribution in [0.15, 0.2) is 0 Å². The molecule has 0 spiro atoms. The van der Waals surface area contributed by atoms with Gasteiger partial charge in [0.15, 0.2) is 0 Å². The molecule has 0 aliphatic heterocycles. The van der Waals surface area contributed by atoms with Gasteiger partial charge in [-0.15, -0.1) is 0 Å². The number of nitrogens with zero attached hydrogens (tertiary/aromatic N) is 1. The zero-order valence-corrected chi connectivity index (χ0v) is 20.6. The average molecular weight is 413 g/mol. The van der Waals surface area contributed by atoms with E-state index in [0.29, 0.717) is 13.0 Å². The second kappa shape index (κ2) is 20.7. The van der Waals surface area contributed by atoms with Crippen LogP contribution in [0, 0.1) is 0 Å². The van der Waals surface area contributed by atoms with Gasteiger partial charge in [0.2, 0.25) is 0 Å². The second-order valence-electron chi connectivity index (χ2n) is 8.93. The van der Waals surface area contributed by atoms with Crippen molar-refractivity contribution in [1.29, 1.82) is 0 Å². The van der Waals surface area contributed by atoms with Crippen LogP contribution in [0.1, 0.15) is 130 Å². The number of carbonyl (C=O) groups excluding carboxylic acids is 1. The molecule has 0 saturated carbocycles. The number of carbonyl (C=O) groups is 1. The van der Waals surface area contributed by atoms with E-state index in [0.717, 1.165) is 37.1 Å². The SMILES string of the molecule is CCCCCCCCCCCCCCCCCC(=O)OCC[N+](CC)(CC)CC. The van der Waals surface area contributed by atoms with Gasteiger partial charge in [-0.2, -0.15) is 0 Å². The van der Waals surface area contributed by atoms with Crippen LogP contribution in [0.2, 0.25) is 0 Å². The summed E-state index contributed by atoms with van der Waals surface area (Å²) in [5.74, 6) is 0.00102. The third kappa shape index (κ3) is 16.9. The first-order valence-corrected chi connectivity index (χ1v) is 13.1. The van der Waals surface area contributed by atoms with E-state index in [4.69, 9.17) is 4.74 Å². The Labute approximate surface area is 183 Å². The third-order valence-corrected chi connectivity index (χ3v) is 6.83. The molecular weight excluding hydrogens is 358 g/mol. The molecule has 0 amide bonds. The van der Waals surface area contributed by atoms with E-state index in [1.807, 2.05) is 0 Å². The number of rotatable bonds is 22. The number of hydrogen-bond donors (Lipinski definition) is 0. The fourth-order valence-corrected chi connectivity index (χ4v) is 4.21. The van der Waals surface area contributed by atoms with Gasteiger partial charge >= 0.3 is 5.97 Å². The smallest absolute Gasteiger partial charge is 0.305 e. The first-order valence-electron chi connectivity index (χ1n) is 13.1. The van der Waals surface area contributed by atoms with Crippen LogP contribution in [0.5, 0.6) is 0 Å². The molecule has 0 aromatic carbocycles. The van der Waals surface area contributed by atoms with Crippen LogP contribution in [0.25, 0.3) is 0 Å². The summed E-state index contributed by atoms with van der Waals surface area (Å²) in [7, 11) is 0. The highest BCUT2D eigenvalue weighted by atomic mass is 16.5. The highest BCUT2D eigenvalue weighted by molar-refractivity contribution is 5.69. The highest BCUT2D eigenvalue weighted by Gasteiger charge is 2.20. The van der Waals surface area contributed by atoms with E-state index < -0.39 is 0 Å². The Bertz CT molecular complexity index is 344. The minimum atomic E-state index is 0.00102. The molecule has 0 aromatic heterocycles. The van der Waals surface area contributed by atoms with Gasteiger partial charge in [0.1, 0.15) is 13.2 Å². The van der Waals surface area contributed by atoms with Gasteiger partial charge in [-0.3, -0.25) is 4.79 Å². The molecule has 174 valence electrons. The Balaban J connectivity index is 3.35. The molecule has 0 saturated heterocycles. The van der Waals surface area contributed by atoms with Gasteiger partial charge in [0, 0.05) is 6.42 Å². The van der Waals surface area contributed by atoms with E-state index in [1.54, 1.807) is 0 Å². The average Bonchev–Trinajstić information content (AvgIpc) is 2.74. The second-order valence-corrected chi connectivity index (χ2v) is 8.93. The lowest BCUT2D eigenvalue weighted by molar-refractivity contribution is -0.923. The topological polar surface area (TPSA) is 26.3 Å². The molecule has 0 aliphatic rings. The van der Waals surface area contributed by atoms with Gasteiger partial charge in [-0.05, 0) is 27.2 Å². The van der Waals surface area contributed by atoms with Gasteiger partial charge in [-0.1, -0.05) is 96.8 Å². The molecule has 0 radical (unpaired) electrons. The number of quaternary nitrogens is 1. The summed E-state index contributed by atoms with van der Waals surface area (Å²) in [6.45, 7) is 13.8. The lowest BCUT2D eigenvalue weighted by atomic mass is 10.0. The van der Waals surface area contributed by atoms with Crippen LogP contribution in [0.4, 0.5) is 0 Å². The van der Waals surface area contributed by atoms with E-state index >= 15 is 0 Å². The van der Waals surface area contributed by atoms with Crippen molar-refractivity contribution in [3.8, 4) is 0 Å². The van der Waals surface area contributed by atoms with Gasteiger partial charge in [0.05, 0.1) is 19.6 Å². The maximum Gasteiger partial charge on any atom is 0.305 e. The Hall–Kier alpha value is -0.570. The summed E-state index contributed by atoms with van der Waals surface area (Å²) in [5.41, 5.74) is 0. The lowest BCUT2D eigenvalue weighted by Gasteiger charge is -2.35. The molecular formula is C26H54NO2+. The van der Waals surface area contributed by atoms with E-state index in [1.165, 1.54) is 89.9 Å². The molecule has 0 fully saturated rings. The predicted molar refractivity (Wildman–Crippen MR) is 127 cm³/mol. The van der Waals surface area contributed by atoms with Crippen molar-refractivity contribution in [3.05, 3.63) is 0 Å². The summed E-state index contributed by atoms with van der Waals surface area (Å²) in [6.07, 6.45) is 20.9. The summed E-state index contributed by atoms with van der Waals surface area (Å²) in [4.78, 5) is 11.9. The van der Waals surface area contributed by atoms with Crippen molar-refractivity contribution in [3.63, 3.8) is 0 Å². The number of esters is 1. The molecule has 0 aliphatic carbocycles. The third-order valence-electron chi connectivity index (χ3n) is 6.83. The van der Waals surface area contributed by atoms with Crippen molar-refractivity contribution in [1.82, 2.24) is 0 Å².